The molecular formula is C3H7N5OS. The number of nitrogens with two attached hydrogens (primary N) is 2. The van der Waals surface area contributed by atoms with Gasteiger partial charge in [-0.05, 0) is 12.2 Å². The van der Waals surface area contributed by atoms with Crippen LogP contribution in [0, 0.1) is 0 Å². The molecule has 0 aromatic heterocycles. The fourth-order valence-electron chi connectivity index (χ4n) is 0.192. The van der Waals surface area contributed by atoms with Gasteiger partial charge in [0.05, 0.1) is 0 Å². The summed E-state index contributed by atoms with van der Waals surface area (Å²) in [6, 6.07) is -0.700. The monoisotopic (exact) mass is 161 g/mol. The molecule has 0 spiro atoms. The Morgan fingerprint density at radius 3 is 2.60 bits per heavy atom. The van der Waals surface area contributed by atoms with Crippen molar-refractivity contribution in [2.24, 2.45) is 16.6 Å². The first-order chi connectivity index (χ1) is 4.63. The molecule has 0 heterocycles. The van der Waals surface area contributed by atoms with Crippen molar-refractivity contribution in [3.63, 3.8) is 0 Å². The highest BCUT2D eigenvalue weighted by molar-refractivity contribution is 7.80. The molecule has 0 bridgehead atoms. The number of thiocarbonyl (C=S) groups is 1. The smallest absolute Gasteiger partial charge is 0.317 e. The third-order valence-corrected chi connectivity index (χ3v) is 0.537. The second-order valence-corrected chi connectivity index (χ2v) is 1.68. The van der Waals surface area contributed by atoms with E-state index in [0.29, 0.717) is 0 Å². The minimum atomic E-state index is -0.700. The lowest BCUT2D eigenvalue weighted by Gasteiger charge is -1.92. The standard InChI is InChI=1S/C3H7N5OS/c4-2(9)6-1-7-8-3(5)10/h1H,(H3,5,8,10)(H3,4,6,7,9). The van der Waals surface area contributed by atoms with Gasteiger partial charge in [0.1, 0.15) is 6.34 Å². The third kappa shape index (κ3) is 6.63. The van der Waals surface area contributed by atoms with Crippen molar-refractivity contribution >= 4 is 29.7 Å². The lowest BCUT2D eigenvalue weighted by molar-refractivity contribution is 0.253. The molecule has 0 fully saturated rings. The highest BCUT2D eigenvalue weighted by Crippen LogP contribution is 1.56. The van der Waals surface area contributed by atoms with Gasteiger partial charge in [-0.1, -0.05) is 0 Å². The largest absolute Gasteiger partial charge is 0.375 e. The van der Waals surface area contributed by atoms with Crippen LogP contribution in [0.15, 0.2) is 5.10 Å². The molecule has 0 unspecified atom stereocenters. The summed E-state index contributed by atoms with van der Waals surface area (Å²) in [7, 11) is 0. The molecule has 0 aliphatic heterocycles. The second-order valence-electron chi connectivity index (χ2n) is 1.24. The van der Waals surface area contributed by atoms with Gasteiger partial charge in [-0.15, -0.1) is 0 Å². The molecule has 0 aromatic carbocycles. The van der Waals surface area contributed by atoms with E-state index in [1.54, 1.807) is 0 Å². The van der Waals surface area contributed by atoms with Crippen molar-refractivity contribution < 1.29 is 4.79 Å². The van der Waals surface area contributed by atoms with E-state index in [1.165, 1.54) is 0 Å². The van der Waals surface area contributed by atoms with Crippen molar-refractivity contribution in [3.8, 4) is 0 Å². The molecule has 7 heteroatoms. The van der Waals surface area contributed by atoms with Gasteiger partial charge in [-0.25, -0.2) is 4.79 Å². The topological polar surface area (TPSA) is 106 Å². The Morgan fingerprint density at radius 2 is 2.20 bits per heavy atom. The normalized spacial score (nSPS) is 9.20. The van der Waals surface area contributed by atoms with Crippen LogP contribution in [0.25, 0.3) is 0 Å². The fraction of sp³-hybridized carbons (Fsp3) is 0. The van der Waals surface area contributed by atoms with Crippen LogP contribution in [-0.4, -0.2) is 17.5 Å². The molecule has 0 aliphatic carbocycles. The number of rotatable bonds is 2. The summed E-state index contributed by atoms with van der Waals surface area (Å²) in [5, 5.41) is 5.44. The van der Waals surface area contributed by atoms with E-state index in [4.69, 9.17) is 5.73 Å². The number of amides is 2. The molecule has 0 aliphatic rings. The van der Waals surface area contributed by atoms with E-state index in [9.17, 15) is 4.79 Å². The number of hydrogen-bond acceptors (Lipinski definition) is 3. The van der Waals surface area contributed by atoms with Crippen LogP contribution in [0.1, 0.15) is 0 Å². The van der Waals surface area contributed by atoms with Gasteiger partial charge < -0.3 is 11.5 Å². The van der Waals surface area contributed by atoms with Crippen molar-refractivity contribution in [1.82, 2.24) is 10.7 Å². The molecule has 0 aromatic rings. The third-order valence-electron chi connectivity index (χ3n) is 0.446. The lowest BCUT2D eigenvalue weighted by Crippen LogP contribution is -2.30. The van der Waals surface area contributed by atoms with Crippen molar-refractivity contribution in [2.75, 3.05) is 0 Å². The van der Waals surface area contributed by atoms with E-state index in [1.807, 2.05) is 0 Å². The van der Waals surface area contributed by atoms with Crippen LogP contribution in [0.4, 0.5) is 4.79 Å². The zero-order valence-corrected chi connectivity index (χ0v) is 5.81. The van der Waals surface area contributed by atoms with Crippen LogP contribution in [0.3, 0.4) is 0 Å². The Kier molecular flexibility index (Phi) is 3.89. The number of hydrazone groups is 1. The van der Waals surface area contributed by atoms with Gasteiger partial charge in [-0.3, -0.25) is 10.7 Å². The van der Waals surface area contributed by atoms with E-state index >= 15 is 0 Å². The average molecular weight is 161 g/mol. The van der Waals surface area contributed by atoms with Crippen molar-refractivity contribution in [3.05, 3.63) is 0 Å². The molecule has 6 N–H and O–H groups in total. The SMILES string of the molecule is NC(=O)N/C=N/NC(N)=S. The zero-order valence-electron chi connectivity index (χ0n) is 5.00. The predicted octanol–water partition coefficient (Wildman–Crippen LogP) is -1.57. The first kappa shape index (κ1) is 8.63. The highest BCUT2D eigenvalue weighted by Gasteiger charge is 1.82. The number of carbonyl (C=O) groups is 1. The summed E-state index contributed by atoms with van der Waals surface area (Å²) in [5.41, 5.74) is 11.9. The number of nitrogens with one attached hydrogen (secondary N) is 2. The summed E-state index contributed by atoms with van der Waals surface area (Å²) < 4.78 is 0. The molecule has 0 saturated carbocycles. The van der Waals surface area contributed by atoms with Crippen LogP contribution in [0.2, 0.25) is 0 Å². The summed E-state index contributed by atoms with van der Waals surface area (Å²) in [6.45, 7) is 0. The molecular weight excluding hydrogens is 154 g/mol. The van der Waals surface area contributed by atoms with E-state index in [2.05, 4.69) is 33.8 Å². The van der Waals surface area contributed by atoms with Gasteiger partial charge in [0.15, 0.2) is 5.11 Å². The minimum absolute atomic E-state index is 0.0162. The maximum atomic E-state index is 9.97. The van der Waals surface area contributed by atoms with Crippen molar-refractivity contribution in [1.29, 1.82) is 0 Å². The van der Waals surface area contributed by atoms with Gasteiger partial charge in [0.25, 0.3) is 0 Å². The molecule has 6 nitrogen and oxygen atoms in total. The fourth-order valence-corrected chi connectivity index (χ4v) is 0.244. The summed E-state index contributed by atoms with van der Waals surface area (Å²) >= 11 is 4.38. The number of carbonyl (C=O) groups excluding carboxylic acids is 1. The Balaban J connectivity index is 3.38. The Hall–Kier alpha value is -1.37. The zero-order chi connectivity index (χ0) is 7.98. The summed E-state index contributed by atoms with van der Waals surface area (Å²) in [4.78, 5) is 9.97. The molecule has 0 rings (SSSR count). The first-order valence-electron chi connectivity index (χ1n) is 2.26. The lowest BCUT2D eigenvalue weighted by atomic mass is 11.0. The van der Waals surface area contributed by atoms with Crippen LogP contribution in [-0.2, 0) is 0 Å². The van der Waals surface area contributed by atoms with Gasteiger partial charge in [0, 0.05) is 0 Å². The van der Waals surface area contributed by atoms with Crippen LogP contribution in [0.5, 0.6) is 0 Å². The molecule has 10 heavy (non-hydrogen) atoms. The van der Waals surface area contributed by atoms with Crippen LogP contribution < -0.4 is 22.2 Å². The van der Waals surface area contributed by atoms with Gasteiger partial charge in [-0.2, -0.15) is 5.10 Å². The van der Waals surface area contributed by atoms with E-state index in [-0.39, 0.29) is 5.11 Å². The maximum absolute atomic E-state index is 9.97. The van der Waals surface area contributed by atoms with Gasteiger partial charge in [0.2, 0.25) is 0 Å². The highest BCUT2D eigenvalue weighted by atomic mass is 32.1. The Morgan fingerprint density at radius 1 is 1.60 bits per heavy atom. The van der Waals surface area contributed by atoms with Gasteiger partial charge >= 0.3 is 6.03 Å². The molecule has 56 valence electrons. The second kappa shape index (κ2) is 4.50. The molecule has 0 saturated heterocycles. The first-order valence-corrected chi connectivity index (χ1v) is 2.66. The molecule has 0 atom stereocenters. The molecule has 2 amide bonds. The van der Waals surface area contributed by atoms with E-state index < -0.39 is 6.03 Å². The summed E-state index contributed by atoms with van der Waals surface area (Å²) in [5.74, 6) is 0. The number of nitrogens with zero attached hydrogens (tertiary/aromatic N) is 1. The summed E-state index contributed by atoms with van der Waals surface area (Å²) in [6.07, 6.45) is 1.04. The van der Waals surface area contributed by atoms with E-state index in [0.717, 1.165) is 6.34 Å². The van der Waals surface area contributed by atoms with Crippen LogP contribution >= 0.6 is 12.2 Å². The number of hydrogen-bond donors (Lipinski definition) is 4. The Labute approximate surface area is 62.6 Å². The minimum Gasteiger partial charge on any atom is -0.375 e. The quantitative estimate of drug-likeness (QED) is 0.170. The maximum Gasteiger partial charge on any atom is 0.317 e. The number of primary amides is 1. The average Bonchev–Trinajstić information content (AvgIpc) is 1.79. The Bertz CT molecular complexity index is 148. The predicted molar refractivity (Wildman–Crippen MR) is 41.1 cm³/mol. The number of urea groups is 1. The van der Waals surface area contributed by atoms with Crippen molar-refractivity contribution in [2.45, 2.75) is 0 Å². The molecule has 0 radical (unpaired) electrons.